The lowest BCUT2D eigenvalue weighted by Crippen LogP contribution is -2.29. The summed E-state index contributed by atoms with van der Waals surface area (Å²) in [5.74, 6) is -0.427. The summed E-state index contributed by atoms with van der Waals surface area (Å²) >= 11 is 0. The zero-order valence-corrected chi connectivity index (χ0v) is 9.77. The Morgan fingerprint density at radius 1 is 1.59 bits per heavy atom. The monoisotopic (exact) mass is 237 g/mol. The van der Waals surface area contributed by atoms with Crippen LogP contribution in [0.2, 0.25) is 0 Å². The summed E-state index contributed by atoms with van der Waals surface area (Å²) in [5, 5.41) is 0. The fourth-order valence-electron chi connectivity index (χ4n) is 2.37. The van der Waals surface area contributed by atoms with E-state index in [-0.39, 0.29) is 23.6 Å². The van der Waals surface area contributed by atoms with Crippen LogP contribution in [0.5, 0.6) is 0 Å². The molecule has 1 aliphatic rings. The molecule has 0 aliphatic carbocycles. The van der Waals surface area contributed by atoms with E-state index in [0.717, 1.165) is 12.1 Å². The summed E-state index contributed by atoms with van der Waals surface area (Å²) in [6.07, 6.45) is 2.83. The van der Waals surface area contributed by atoms with Crippen molar-refractivity contribution in [2.45, 2.75) is 13.5 Å². The molecule has 0 saturated carbocycles. The number of carbonyl (C=O) groups is 1. The SMILES string of the molecule is C[C@@H]1CN(Cc2cncc(F)c2)C[C@H]1C(N)=O. The Morgan fingerprint density at radius 2 is 2.35 bits per heavy atom. The standard InChI is InChI=1S/C12H16FN3O/c1-8-5-16(7-11(8)12(14)17)6-9-2-10(13)4-15-3-9/h2-4,8,11H,5-7H2,1H3,(H2,14,17)/t8-,11-/m1/s1. The highest BCUT2D eigenvalue weighted by Gasteiger charge is 2.33. The molecule has 5 heteroatoms. The van der Waals surface area contributed by atoms with Crippen LogP contribution in [-0.2, 0) is 11.3 Å². The molecular weight excluding hydrogens is 221 g/mol. The molecule has 2 heterocycles. The average Bonchev–Trinajstić information content (AvgIpc) is 2.59. The van der Waals surface area contributed by atoms with Crippen LogP contribution in [0.1, 0.15) is 12.5 Å². The minimum Gasteiger partial charge on any atom is -0.369 e. The smallest absolute Gasteiger partial charge is 0.222 e. The molecule has 1 amide bonds. The molecule has 1 aromatic rings. The first-order valence-corrected chi connectivity index (χ1v) is 5.67. The number of nitrogens with zero attached hydrogens (tertiary/aromatic N) is 2. The summed E-state index contributed by atoms with van der Waals surface area (Å²) in [7, 11) is 0. The van der Waals surface area contributed by atoms with Crippen molar-refractivity contribution in [2.75, 3.05) is 13.1 Å². The van der Waals surface area contributed by atoms with Crippen LogP contribution in [0.4, 0.5) is 4.39 Å². The Morgan fingerprint density at radius 3 is 2.94 bits per heavy atom. The van der Waals surface area contributed by atoms with Crippen LogP contribution in [0.15, 0.2) is 18.5 Å². The van der Waals surface area contributed by atoms with Gasteiger partial charge in [-0.3, -0.25) is 14.7 Å². The minimum atomic E-state index is -0.332. The van der Waals surface area contributed by atoms with Crippen molar-refractivity contribution in [3.05, 3.63) is 29.8 Å². The van der Waals surface area contributed by atoms with Gasteiger partial charge in [-0.2, -0.15) is 0 Å². The van der Waals surface area contributed by atoms with E-state index in [1.165, 1.54) is 12.3 Å². The van der Waals surface area contributed by atoms with E-state index < -0.39 is 0 Å². The lowest BCUT2D eigenvalue weighted by atomic mass is 9.98. The highest BCUT2D eigenvalue weighted by atomic mass is 19.1. The number of likely N-dealkylation sites (tertiary alicyclic amines) is 1. The van der Waals surface area contributed by atoms with Crippen LogP contribution in [-0.4, -0.2) is 28.9 Å². The quantitative estimate of drug-likeness (QED) is 0.845. The number of primary amides is 1. The first kappa shape index (κ1) is 12.0. The number of halogens is 1. The molecule has 0 bridgehead atoms. The summed E-state index contributed by atoms with van der Waals surface area (Å²) in [4.78, 5) is 17.1. The maximum atomic E-state index is 13.0. The topological polar surface area (TPSA) is 59.2 Å². The number of hydrogen-bond acceptors (Lipinski definition) is 3. The largest absolute Gasteiger partial charge is 0.369 e. The third-order valence-electron chi connectivity index (χ3n) is 3.22. The van der Waals surface area contributed by atoms with Crippen molar-refractivity contribution < 1.29 is 9.18 Å². The zero-order chi connectivity index (χ0) is 12.4. The van der Waals surface area contributed by atoms with E-state index in [4.69, 9.17) is 5.73 Å². The van der Waals surface area contributed by atoms with E-state index in [9.17, 15) is 9.18 Å². The van der Waals surface area contributed by atoms with Crippen LogP contribution < -0.4 is 5.73 Å². The number of hydrogen-bond donors (Lipinski definition) is 1. The predicted molar refractivity (Wildman–Crippen MR) is 61.3 cm³/mol. The Hall–Kier alpha value is -1.49. The van der Waals surface area contributed by atoms with Crippen LogP contribution >= 0.6 is 0 Å². The van der Waals surface area contributed by atoms with E-state index in [1.54, 1.807) is 6.20 Å². The fraction of sp³-hybridized carbons (Fsp3) is 0.500. The Balaban J connectivity index is 2.00. The predicted octanol–water partition coefficient (Wildman–Crippen LogP) is 0.774. The fourth-order valence-corrected chi connectivity index (χ4v) is 2.37. The molecule has 2 atom stereocenters. The van der Waals surface area contributed by atoms with Gasteiger partial charge in [0.2, 0.25) is 5.91 Å². The first-order chi connectivity index (χ1) is 8.06. The van der Waals surface area contributed by atoms with Crippen LogP contribution in [0.25, 0.3) is 0 Å². The number of nitrogens with two attached hydrogens (primary N) is 1. The van der Waals surface area contributed by atoms with Crippen molar-refractivity contribution in [1.82, 2.24) is 9.88 Å². The van der Waals surface area contributed by atoms with E-state index >= 15 is 0 Å². The Labute approximate surface area is 99.6 Å². The van der Waals surface area contributed by atoms with Gasteiger partial charge in [-0.05, 0) is 17.5 Å². The molecule has 17 heavy (non-hydrogen) atoms. The molecule has 2 N–H and O–H groups in total. The van der Waals surface area contributed by atoms with Crippen LogP contribution in [0, 0.1) is 17.7 Å². The van der Waals surface area contributed by atoms with Crippen molar-refractivity contribution in [1.29, 1.82) is 0 Å². The molecule has 0 unspecified atom stereocenters. The summed E-state index contributed by atoms with van der Waals surface area (Å²) in [5.41, 5.74) is 6.15. The summed E-state index contributed by atoms with van der Waals surface area (Å²) in [6.45, 7) is 4.08. The van der Waals surface area contributed by atoms with Gasteiger partial charge in [0.1, 0.15) is 5.82 Å². The number of pyridine rings is 1. The lowest BCUT2D eigenvalue weighted by Gasteiger charge is -2.14. The second kappa shape index (κ2) is 4.79. The van der Waals surface area contributed by atoms with E-state index in [0.29, 0.717) is 13.1 Å². The molecule has 0 spiro atoms. The third-order valence-corrected chi connectivity index (χ3v) is 3.22. The second-order valence-electron chi connectivity index (χ2n) is 4.69. The molecular formula is C12H16FN3O. The van der Waals surface area contributed by atoms with Gasteiger partial charge in [-0.1, -0.05) is 6.92 Å². The Kier molecular flexibility index (Phi) is 3.38. The molecule has 1 aliphatic heterocycles. The first-order valence-electron chi connectivity index (χ1n) is 5.67. The average molecular weight is 237 g/mol. The summed E-state index contributed by atoms with van der Waals surface area (Å²) in [6, 6.07) is 1.47. The van der Waals surface area contributed by atoms with Crippen molar-refractivity contribution in [2.24, 2.45) is 17.6 Å². The number of rotatable bonds is 3. The Bertz CT molecular complexity index is 424. The highest BCUT2D eigenvalue weighted by molar-refractivity contribution is 5.77. The maximum absolute atomic E-state index is 13.0. The van der Waals surface area contributed by atoms with Gasteiger partial charge in [0.15, 0.2) is 0 Å². The van der Waals surface area contributed by atoms with Crippen molar-refractivity contribution in [3.8, 4) is 0 Å². The van der Waals surface area contributed by atoms with Gasteiger partial charge in [0.05, 0.1) is 12.1 Å². The summed E-state index contributed by atoms with van der Waals surface area (Å²) < 4.78 is 13.0. The molecule has 1 aromatic heterocycles. The molecule has 2 rings (SSSR count). The van der Waals surface area contributed by atoms with Gasteiger partial charge >= 0.3 is 0 Å². The van der Waals surface area contributed by atoms with Gasteiger partial charge in [-0.25, -0.2) is 4.39 Å². The van der Waals surface area contributed by atoms with Gasteiger partial charge in [-0.15, -0.1) is 0 Å². The lowest BCUT2D eigenvalue weighted by molar-refractivity contribution is -0.122. The molecule has 4 nitrogen and oxygen atoms in total. The molecule has 0 aromatic carbocycles. The number of aromatic nitrogens is 1. The number of carbonyl (C=O) groups excluding carboxylic acids is 1. The van der Waals surface area contributed by atoms with Crippen LogP contribution in [0.3, 0.4) is 0 Å². The van der Waals surface area contributed by atoms with Crippen molar-refractivity contribution in [3.63, 3.8) is 0 Å². The minimum absolute atomic E-state index is 0.100. The van der Waals surface area contributed by atoms with Gasteiger partial charge in [0.25, 0.3) is 0 Å². The van der Waals surface area contributed by atoms with E-state index in [2.05, 4.69) is 9.88 Å². The molecule has 1 saturated heterocycles. The normalized spacial score (nSPS) is 25.1. The molecule has 0 radical (unpaired) electrons. The third kappa shape index (κ3) is 2.79. The van der Waals surface area contributed by atoms with E-state index in [1.807, 2.05) is 6.92 Å². The second-order valence-corrected chi connectivity index (χ2v) is 4.69. The number of amides is 1. The van der Waals surface area contributed by atoms with Crippen molar-refractivity contribution >= 4 is 5.91 Å². The molecule has 92 valence electrons. The highest BCUT2D eigenvalue weighted by Crippen LogP contribution is 2.24. The molecule has 1 fully saturated rings. The van der Waals surface area contributed by atoms with Gasteiger partial charge < -0.3 is 5.73 Å². The zero-order valence-electron chi connectivity index (χ0n) is 9.77. The maximum Gasteiger partial charge on any atom is 0.222 e. The van der Waals surface area contributed by atoms with Gasteiger partial charge in [0, 0.05) is 25.8 Å².